The molecule has 3 heterocycles. The summed E-state index contributed by atoms with van der Waals surface area (Å²) in [5.41, 5.74) is 1.08. The van der Waals surface area contributed by atoms with Gasteiger partial charge in [-0.3, -0.25) is 14.5 Å². The van der Waals surface area contributed by atoms with E-state index in [4.69, 9.17) is 13.9 Å². The summed E-state index contributed by atoms with van der Waals surface area (Å²) in [5.74, 6) is 0.826. The Labute approximate surface area is 193 Å². The van der Waals surface area contributed by atoms with Gasteiger partial charge in [-0.1, -0.05) is 30.4 Å². The van der Waals surface area contributed by atoms with Gasteiger partial charge in [-0.25, -0.2) is 0 Å². The number of rotatable bonds is 6. The Morgan fingerprint density at radius 1 is 1.06 bits per heavy atom. The van der Waals surface area contributed by atoms with Crippen LogP contribution in [0.25, 0.3) is 11.0 Å². The van der Waals surface area contributed by atoms with Gasteiger partial charge in [-0.15, -0.1) is 10.2 Å². The lowest BCUT2D eigenvalue weighted by atomic mass is 9.98. The molecular weight excluding hydrogens is 442 g/mol. The van der Waals surface area contributed by atoms with Gasteiger partial charge in [-0.2, -0.15) is 0 Å². The maximum Gasteiger partial charge on any atom is 0.297 e. The number of hydrogen-bond acceptors (Lipinski definition) is 8. The number of methoxy groups -OCH3 is 1. The number of amides is 1. The summed E-state index contributed by atoms with van der Waals surface area (Å²) in [6, 6.07) is 11.6. The van der Waals surface area contributed by atoms with Gasteiger partial charge in [-0.05, 0) is 43.2 Å². The van der Waals surface area contributed by atoms with Crippen molar-refractivity contribution in [1.82, 2.24) is 10.2 Å². The van der Waals surface area contributed by atoms with E-state index in [2.05, 4.69) is 10.2 Å². The molecule has 0 N–H and O–H groups in total. The Morgan fingerprint density at radius 2 is 1.82 bits per heavy atom. The molecule has 168 valence electrons. The molecular formula is C24H21N3O5S. The number of aryl methyl sites for hydroxylation is 1. The summed E-state index contributed by atoms with van der Waals surface area (Å²) in [6.07, 6.45) is 0.696. The lowest BCUT2D eigenvalue weighted by Gasteiger charge is -2.22. The molecule has 1 aliphatic heterocycles. The zero-order valence-corrected chi connectivity index (χ0v) is 19.1. The Bertz CT molecular complexity index is 1410. The fraction of sp³-hybridized carbons (Fsp3) is 0.250. The van der Waals surface area contributed by atoms with Crippen LogP contribution in [0.4, 0.5) is 5.13 Å². The molecule has 0 spiro atoms. The SMILES string of the molecule is CCOc1ccc2c(=O)c3c(oc2c1)C(=O)N(c1nnc(CC)s1)C3c1ccc(OC)cc1. The van der Waals surface area contributed by atoms with E-state index in [0.717, 1.165) is 10.6 Å². The number of carbonyl (C=O) groups is 1. The van der Waals surface area contributed by atoms with Crippen molar-refractivity contribution in [3.63, 3.8) is 0 Å². The number of ether oxygens (including phenoxy) is 2. The van der Waals surface area contributed by atoms with Crippen molar-refractivity contribution in [2.24, 2.45) is 0 Å². The van der Waals surface area contributed by atoms with Crippen molar-refractivity contribution in [1.29, 1.82) is 0 Å². The van der Waals surface area contributed by atoms with Gasteiger partial charge in [0.25, 0.3) is 5.91 Å². The van der Waals surface area contributed by atoms with Gasteiger partial charge in [0.15, 0.2) is 5.43 Å². The first-order valence-corrected chi connectivity index (χ1v) is 11.4. The first-order chi connectivity index (χ1) is 16.0. The number of benzene rings is 2. The molecule has 33 heavy (non-hydrogen) atoms. The van der Waals surface area contributed by atoms with Crippen LogP contribution in [0.15, 0.2) is 51.7 Å². The van der Waals surface area contributed by atoms with Crippen LogP contribution in [-0.2, 0) is 6.42 Å². The number of anilines is 1. The number of aromatic nitrogens is 2. The Kier molecular flexibility index (Phi) is 5.33. The number of hydrogen-bond donors (Lipinski definition) is 0. The summed E-state index contributed by atoms with van der Waals surface area (Å²) in [7, 11) is 1.58. The molecule has 1 amide bonds. The molecule has 9 heteroatoms. The first-order valence-electron chi connectivity index (χ1n) is 10.6. The zero-order chi connectivity index (χ0) is 23.1. The second kappa shape index (κ2) is 8.32. The second-order valence-electron chi connectivity index (χ2n) is 7.45. The lowest BCUT2D eigenvalue weighted by molar-refractivity contribution is 0.0970. The predicted molar refractivity (Wildman–Crippen MR) is 125 cm³/mol. The molecule has 2 aromatic heterocycles. The largest absolute Gasteiger partial charge is 0.497 e. The topological polar surface area (TPSA) is 94.8 Å². The van der Waals surface area contributed by atoms with Gasteiger partial charge in [0.2, 0.25) is 10.9 Å². The molecule has 1 unspecified atom stereocenters. The van der Waals surface area contributed by atoms with E-state index in [-0.39, 0.29) is 16.8 Å². The highest BCUT2D eigenvalue weighted by molar-refractivity contribution is 7.15. The van der Waals surface area contributed by atoms with Crippen molar-refractivity contribution < 1.29 is 18.7 Å². The van der Waals surface area contributed by atoms with Crippen molar-refractivity contribution in [3.05, 3.63) is 74.6 Å². The van der Waals surface area contributed by atoms with Crippen molar-refractivity contribution in [3.8, 4) is 11.5 Å². The number of fused-ring (bicyclic) bond motifs is 2. The molecule has 1 aliphatic rings. The van der Waals surface area contributed by atoms with Crippen LogP contribution in [-0.4, -0.2) is 29.8 Å². The van der Waals surface area contributed by atoms with Gasteiger partial charge in [0.1, 0.15) is 22.1 Å². The highest BCUT2D eigenvalue weighted by Gasteiger charge is 2.45. The smallest absolute Gasteiger partial charge is 0.297 e. The first kappa shape index (κ1) is 21.1. The average molecular weight is 464 g/mol. The standard InChI is InChI=1S/C24H21N3O5S/c1-4-18-25-26-24(33-18)27-20(13-6-8-14(30-3)9-7-13)19-21(28)16-11-10-15(31-5-2)12-17(16)32-22(19)23(27)29/h6-12,20H,4-5H2,1-3H3. The van der Waals surface area contributed by atoms with Crippen LogP contribution >= 0.6 is 11.3 Å². The van der Waals surface area contributed by atoms with Crippen molar-refractivity contribution in [2.45, 2.75) is 26.3 Å². The molecule has 2 aromatic carbocycles. The molecule has 4 aromatic rings. The number of nitrogens with zero attached hydrogens (tertiary/aromatic N) is 3. The minimum atomic E-state index is -0.691. The summed E-state index contributed by atoms with van der Waals surface area (Å²) < 4.78 is 16.8. The molecule has 5 rings (SSSR count). The van der Waals surface area contributed by atoms with Gasteiger partial charge in [0.05, 0.1) is 30.7 Å². The van der Waals surface area contributed by atoms with Crippen LogP contribution in [0, 0.1) is 0 Å². The third kappa shape index (κ3) is 3.45. The van der Waals surface area contributed by atoms with E-state index in [0.29, 0.717) is 40.6 Å². The third-order valence-electron chi connectivity index (χ3n) is 5.55. The molecule has 0 bridgehead atoms. The zero-order valence-electron chi connectivity index (χ0n) is 18.3. The second-order valence-corrected chi connectivity index (χ2v) is 8.49. The van der Waals surface area contributed by atoms with E-state index < -0.39 is 11.9 Å². The van der Waals surface area contributed by atoms with Crippen LogP contribution in [0.2, 0.25) is 0 Å². The van der Waals surface area contributed by atoms with Crippen LogP contribution in [0.3, 0.4) is 0 Å². The fourth-order valence-corrected chi connectivity index (χ4v) is 4.80. The maximum absolute atomic E-state index is 13.6. The van der Waals surface area contributed by atoms with Crippen LogP contribution in [0.1, 0.15) is 46.6 Å². The Morgan fingerprint density at radius 3 is 2.48 bits per heavy atom. The van der Waals surface area contributed by atoms with E-state index >= 15 is 0 Å². The van der Waals surface area contributed by atoms with Gasteiger partial charge < -0.3 is 13.9 Å². The predicted octanol–water partition coefficient (Wildman–Crippen LogP) is 4.36. The maximum atomic E-state index is 13.6. The summed E-state index contributed by atoms with van der Waals surface area (Å²) >= 11 is 1.32. The van der Waals surface area contributed by atoms with Gasteiger partial charge in [0, 0.05) is 6.07 Å². The van der Waals surface area contributed by atoms with E-state index in [1.807, 2.05) is 26.0 Å². The quantitative estimate of drug-likeness (QED) is 0.419. The third-order valence-corrected chi connectivity index (χ3v) is 6.62. The average Bonchev–Trinajstić information content (AvgIpc) is 3.42. The Hall–Kier alpha value is -3.72. The van der Waals surface area contributed by atoms with Crippen molar-refractivity contribution in [2.75, 3.05) is 18.6 Å². The van der Waals surface area contributed by atoms with E-state index in [9.17, 15) is 9.59 Å². The van der Waals surface area contributed by atoms with E-state index in [1.54, 1.807) is 37.4 Å². The summed E-state index contributed by atoms with van der Waals surface area (Å²) in [5, 5.41) is 10.0. The molecule has 0 aliphatic carbocycles. The van der Waals surface area contributed by atoms with Crippen LogP contribution < -0.4 is 19.8 Å². The van der Waals surface area contributed by atoms with Gasteiger partial charge >= 0.3 is 0 Å². The highest BCUT2D eigenvalue weighted by atomic mass is 32.1. The Balaban J connectivity index is 1.74. The van der Waals surface area contributed by atoms with Crippen LogP contribution in [0.5, 0.6) is 11.5 Å². The van der Waals surface area contributed by atoms with E-state index in [1.165, 1.54) is 16.2 Å². The molecule has 0 saturated heterocycles. The lowest BCUT2D eigenvalue weighted by Crippen LogP contribution is -2.29. The monoisotopic (exact) mass is 463 g/mol. The summed E-state index contributed by atoms with van der Waals surface area (Å²) in [6.45, 7) is 4.32. The minimum Gasteiger partial charge on any atom is -0.497 e. The minimum absolute atomic E-state index is 0.00946. The van der Waals surface area contributed by atoms with Crippen molar-refractivity contribution >= 4 is 33.3 Å². The normalized spacial score (nSPS) is 15.2. The molecule has 0 fully saturated rings. The molecule has 1 atom stereocenters. The molecule has 0 radical (unpaired) electrons. The number of carbonyl (C=O) groups excluding carboxylic acids is 1. The molecule has 0 saturated carbocycles. The molecule has 8 nitrogen and oxygen atoms in total. The highest BCUT2D eigenvalue weighted by Crippen LogP contribution is 2.42. The summed E-state index contributed by atoms with van der Waals surface area (Å²) in [4.78, 5) is 28.7. The fourth-order valence-electron chi connectivity index (χ4n) is 3.99.